The number of ether oxygens (including phenoxy) is 1. The number of hydrogen-bond donors (Lipinski definition) is 0. The van der Waals surface area contributed by atoms with Crippen LogP contribution in [0.15, 0.2) is 70.3 Å². The van der Waals surface area contributed by atoms with Crippen molar-refractivity contribution in [1.29, 1.82) is 0 Å². The molecule has 1 atom stereocenters. The first-order valence-electron chi connectivity index (χ1n) is 11.3. The van der Waals surface area contributed by atoms with Gasteiger partial charge in [-0.05, 0) is 42.0 Å². The quantitative estimate of drug-likeness (QED) is 0.332. The lowest BCUT2D eigenvalue weighted by Gasteiger charge is -2.35. The molecular formula is C25H25N3O4S3. The van der Waals surface area contributed by atoms with Crippen LogP contribution >= 0.6 is 22.7 Å². The fourth-order valence-electron chi connectivity index (χ4n) is 4.29. The average Bonchev–Trinajstić information content (AvgIpc) is 3.58. The van der Waals surface area contributed by atoms with E-state index < -0.39 is 16.1 Å². The van der Waals surface area contributed by atoms with Crippen LogP contribution in [0.25, 0.3) is 10.2 Å². The van der Waals surface area contributed by atoms with Gasteiger partial charge in [-0.1, -0.05) is 54.2 Å². The summed E-state index contributed by atoms with van der Waals surface area (Å²) in [5.74, 6) is 0.440. The molecule has 1 aliphatic heterocycles. The number of aromatic nitrogens is 1. The fourth-order valence-corrected chi connectivity index (χ4v) is 8.01. The lowest BCUT2D eigenvalue weighted by molar-refractivity contribution is -0.123. The molecule has 3 heterocycles. The van der Waals surface area contributed by atoms with E-state index in [1.807, 2.05) is 48.5 Å². The summed E-state index contributed by atoms with van der Waals surface area (Å²) in [4.78, 5) is 20.5. The zero-order chi connectivity index (χ0) is 24.4. The van der Waals surface area contributed by atoms with Crippen LogP contribution in [-0.4, -0.2) is 43.3 Å². The largest absolute Gasteiger partial charge is 0.497 e. The van der Waals surface area contributed by atoms with E-state index in [0.717, 1.165) is 28.6 Å². The van der Waals surface area contributed by atoms with Crippen LogP contribution in [0.3, 0.4) is 0 Å². The molecule has 7 nitrogen and oxygen atoms in total. The van der Waals surface area contributed by atoms with Gasteiger partial charge in [0.1, 0.15) is 16.0 Å². The van der Waals surface area contributed by atoms with Gasteiger partial charge >= 0.3 is 0 Å². The third kappa shape index (κ3) is 4.84. The van der Waals surface area contributed by atoms with Gasteiger partial charge in [0.15, 0.2) is 5.13 Å². The van der Waals surface area contributed by atoms with Crippen LogP contribution in [0.5, 0.6) is 5.75 Å². The molecule has 0 bridgehead atoms. The molecule has 1 amide bonds. The molecule has 1 saturated heterocycles. The van der Waals surface area contributed by atoms with Crippen LogP contribution in [0.4, 0.5) is 5.13 Å². The summed E-state index contributed by atoms with van der Waals surface area (Å²) in [6.45, 7) is 0.632. The van der Waals surface area contributed by atoms with Gasteiger partial charge < -0.3 is 4.74 Å². The lowest BCUT2D eigenvalue weighted by atomic mass is 10.0. The number of nitrogens with zero attached hydrogens (tertiary/aromatic N) is 3. The van der Waals surface area contributed by atoms with Crippen molar-refractivity contribution in [3.05, 3.63) is 71.6 Å². The molecule has 2 aromatic heterocycles. The highest BCUT2D eigenvalue weighted by atomic mass is 32.2. The Bertz CT molecular complexity index is 1420. The van der Waals surface area contributed by atoms with E-state index in [-0.39, 0.29) is 10.1 Å². The summed E-state index contributed by atoms with van der Waals surface area (Å²) in [6, 6.07) is 17.9. The topological polar surface area (TPSA) is 79.8 Å². The standard InChI is InChI=1S/C25H25N3O4S3/c1-32-19-12-13-22-20(16-19)26-25(34-22)27(17-18-8-3-2-4-9-18)24(29)21-10-5-6-14-28(21)35(30,31)23-11-7-15-33-23/h2-4,7-9,11-13,15-16,21H,5-6,10,14,17H2,1H3. The highest BCUT2D eigenvalue weighted by Crippen LogP contribution is 2.35. The number of fused-ring (bicyclic) bond motifs is 1. The van der Waals surface area contributed by atoms with Gasteiger partial charge in [-0.2, -0.15) is 4.31 Å². The van der Waals surface area contributed by atoms with E-state index in [0.29, 0.717) is 30.4 Å². The van der Waals surface area contributed by atoms with Crippen molar-refractivity contribution < 1.29 is 17.9 Å². The number of hydrogen-bond acceptors (Lipinski definition) is 7. The highest BCUT2D eigenvalue weighted by molar-refractivity contribution is 7.91. The van der Waals surface area contributed by atoms with E-state index in [1.165, 1.54) is 27.0 Å². The van der Waals surface area contributed by atoms with E-state index in [9.17, 15) is 13.2 Å². The van der Waals surface area contributed by atoms with Gasteiger partial charge in [0, 0.05) is 12.6 Å². The van der Waals surface area contributed by atoms with Crippen LogP contribution < -0.4 is 9.64 Å². The van der Waals surface area contributed by atoms with Crippen molar-refractivity contribution in [2.75, 3.05) is 18.6 Å². The van der Waals surface area contributed by atoms with Crippen molar-refractivity contribution in [2.45, 2.75) is 36.1 Å². The van der Waals surface area contributed by atoms with Gasteiger partial charge in [-0.25, -0.2) is 13.4 Å². The van der Waals surface area contributed by atoms with Crippen molar-refractivity contribution in [2.24, 2.45) is 0 Å². The van der Waals surface area contributed by atoms with Gasteiger partial charge in [-0.15, -0.1) is 11.3 Å². The van der Waals surface area contributed by atoms with Gasteiger partial charge in [-0.3, -0.25) is 9.69 Å². The molecule has 182 valence electrons. The summed E-state index contributed by atoms with van der Waals surface area (Å²) in [7, 11) is -2.16. The normalized spacial score (nSPS) is 16.9. The van der Waals surface area contributed by atoms with Gasteiger partial charge in [0.05, 0.1) is 23.9 Å². The minimum Gasteiger partial charge on any atom is -0.497 e. The molecule has 0 saturated carbocycles. The number of methoxy groups -OCH3 is 1. The predicted molar refractivity (Wildman–Crippen MR) is 140 cm³/mol. The predicted octanol–water partition coefficient (Wildman–Crippen LogP) is 5.14. The summed E-state index contributed by atoms with van der Waals surface area (Å²) >= 11 is 2.59. The molecule has 0 N–H and O–H groups in total. The maximum Gasteiger partial charge on any atom is 0.253 e. The minimum atomic E-state index is -3.76. The highest BCUT2D eigenvalue weighted by Gasteiger charge is 2.40. The zero-order valence-corrected chi connectivity index (χ0v) is 21.6. The number of thiazole rings is 1. The number of anilines is 1. The number of rotatable bonds is 7. The van der Waals surface area contributed by atoms with Gasteiger partial charge in [0.2, 0.25) is 5.91 Å². The maximum absolute atomic E-state index is 14.1. The number of carbonyl (C=O) groups excluding carboxylic acids is 1. The fraction of sp³-hybridized carbons (Fsp3) is 0.280. The number of carbonyl (C=O) groups is 1. The maximum atomic E-state index is 14.1. The van der Waals surface area contributed by atoms with Crippen molar-refractivity contribution in [1.82, 2.24) is 9.29 Å². The molecule has 0 aliphatic carbocycles. The number of piperidine rings is 1. The Balaban J connectivity index is 1.54. The minimum absolute atomic E-state index is 0.250. The molecular weight excluding hydrogens is 502 g/mol. The summed E-state index contributed by atoms with van der Waals surface area (Å²) < 4.78 is 34.8. The molecule has 4 aromatic rings. The van der Waals surface area contributed by atoms with E-state index in [1.54, 1.807) is 29.5 Å². The Morgan fingerprint density at radius 1 is 1.14 bits per heavy atom. The van der Waals surface area contributed by atoms with Crippen LogP contribution in [0.2, 0.25) is 0 Å². The Morgan fingerprint density at radius 2 is 1.97 bits per heavy atom. The second-order valence-corrected chi connectivity index (χ2v) is 12.4. The number of amides is 1. The second kappa shape index (κ2) is 10.1. The van der Waals surface area contributed by atoms with Crippen LogP contribution in [0.1, 0.15) is 24.8 Å². The first-order valence-corrected chi connectivity index (χ1v) is 14.5. The SMILES string of the molecule is COc1ccc2sc(N(Cc3ccccc3)C(=O)C3CCCCN3S(=O)(=O)c3cccs3)nc2c1. The molecule has 0 radical (unpaired) electrons. The van der Waals surface area contributed by atoms with Crippen molar-refractivity contribution in [3.63, 3.8) is 0 Å². The van der Waals surface area contributed by atoms with Crippen LogP contribution in [0, 0.1) is 0 Å². The van der Waals surface area contributed by atoms with Crippen molar-refractivity contribution >= 4 is 54.0 Å². The number of benzene rings is 2. The Labute approximate surface area is 212 Å². The number of sulfonamides is 1. The summed E-state index contributed by atoms with van der Waals surface area (Å²) in [6.07, 6.45) is 2.00. The molecule has 2 aromatic carbocycles. The average molecular weight is 528 g/mol. The smallest absolute Gasteiger partial charge is 0.253 e. The molecule has 1 unspecified atom stereocenters. The number of thiophene rings is 1. The summed E-state index contributed by atoms with van der Waals surface area (Å²) in [5.41, 5.74) is 1.68. The monoisotopic (exact) mass is 527 g/mol. The van der Waals surface area contributed by atoms with E-state index in [4.69, 9.17) is 9.72 Å². The molecule has 1 aliphatic rings. The molecule has 0 spiro atoms. The van der Waals surface area contributed by atoms with E-state index >= 15 is 0 Å². The third-order valence-corrected chi connectivity index (χ3v) is 10.4. The summed E-state index contributed by atoms with van der Waals surface area (Å²) in [5, 5.41) is 2.28. The van der Waals surface area contributed by atoms with Crippen LogP contribution in [-0.2, 0) is 21.4 Å². The molecule has 1 fully saturated rings. The molecule has 10 heteroatoms. The molecule has 35 heavy (non-hydrogen) atoms. The van der Waals surface area contributed by atoms with Gasteiger partial charge in [0.25, 0.3) is 10.0 Å². The Morgan fingerprint density at radius 3 is 2.71 bits per heavy atom. The first kappa shape index (κ1) is 23.9. The Hall–Kier alpha value is -2.79. The van der Waals surface area contributed by atoms with E-state index in [2.05, 4.69) is 0 Å². The van der Waals surface area contributed by atoms with Crippen molar-refractivity contribution in [3.8, 4) is 5.75 Å². The zero-order valence-electron chi connectivity index (χ0n) is 19.2. The first-order chi connectivity index (χ1) is 17.0. The molecule has 5 rings (SSSR count). The Kier molecular flexibility index (Phi) is 6.88. The second-order valence-electron chi connectivity index (χ2n) is 8.30. The third-order valence-electron chi connectivity index (χ3n) is 6.06. The lowest BCUT2D eigenvalue weighted by Crippen LogP contribution is -2.52.